The number of hydrogen-bond acceptors (Lipinski definition) is 4. The predicted octanol–water partition coefficient (Wildman–Crippen LogP) is 6.53. The highest BCUT2D eigenvalue weighted by molar-refractivity contribution is 6.00. The number of anilines is 1. The van der Waals surface area contributed by atoms with E-state index in [1.165, 1.54) is 0 Å². The number of rotatable bonds is 8. The maximum Gasteiger partial charge on any atom is 0.408 e. The Hall–Kier alpha value is -3.35. The van der Waals surface area contributed by atoms with Gasteiger partial charge in [0.2, 0.25) is 5.91 Å². The maximum absolute atomic E-state index is 14.2. The van der Waals surface area contributed by atoms with Gasteiger partial charge in [0, 0.05) is 11.2 Å². The van der Waals surface area contributed by atoms with Crippen molar-refractivity contribution in [1.82, 2.24) is 10.2 Å². The molecule has 208 valence electrons. The number of carbonyl (C=O) groups excluding carboxylic acids is 3. The zero-order valence-electron chi connectivity index (χ0n) is 24.9. The molecule has 3 amide bonds. The molecule has 0 heterocycles. The summed E-state index contributed by atoms with van der Waals surface area (Å²) >= 11 is 0. The van der Waals surface area contributed by atoms with Crippen LogP contribution < -0.4 is 10.6 Å². The van der Waals surface area contributed by atoms with Crippen LogP contribution in [-0.2, 0) is 14.3 Å². The minimum absolute atomic E-state index is 0.311. The quantitative estimate of drug-likeness (QED) is 0.412. The van der Waals surface area contributed by atoms with Crippen molar-refractivity contribution in [1.29, 1.82) is 0 Å². The molecule has 2 atom stereocenters. The molecule has 0 aliphatic rings. The average Bonchev–Trinajstić information content (AvgIpc) is 2.78. The topological polar surface area (TPSA) is 87.7 Å². The summed E-state index contributed by atoms with van der Waals surface area (Å²) in [5.41, 5.74) is 3.89. The monoisotopic (exact) mass is 523 g/mol. The summed E-state index contributed by atoms with van der Waals surface area (Å²) in [6, 6.07) is 9.86. The molecular formula is C31H45N3O4. The Morgan fingerprint density at radius 1 is 0.921 bits per heavy atom. The molecule has 2 N–H and O–H groups in total. The van der Waals surface area contributed by atoms with Crippen LogP contribution in [0.15, 0.2) is 36.4 Å². The van der Waals surface area contributed by atoms with Gasteiger partial charge in [0.1, 0.15) is 17.7 Å². The number of para-hydroxylation sites is 1. The van der Waals surface area contributed by atoms with E-state index in [0.717, 1.165) is 33.5 Å². The summed E-state index contributed by atoms with van der Waals surface area (Å²) in [7, 11) is 0. The van der Waals surface area contributed by atoms with Crippen molar-refractivity contribution >= 4 is 23.6 Å². The number of nitrogens with zero attached hydrogens (tertiary/aromatic N) is 1. The van der Waals surface area contributed by atoms with E-state index >= 15 is 0 Å². The zero-order chi connectivity index (χ0) is 29.0. The van der Waals surface area contributed by atoms with Crippen molar-refractivity contribution in [3.05, 3.63) is 64.2 Å². The average molecular weight is 524 g/mol. The van der Waals surface area contributed by atoms with Crippen molar-refractivity contribution in [3.63, 3.8) is 0 Å². The molecular weight excluding hydrogens is 478 g/mol. The predicted molar refractivity (Wildman–Crippen MR) is 153 cm³/mol. The first-order chi connectivity index (χ1) is 17.5. The van der Waals surface area contributed by atoms with E-state index < -0.39 is 29.3 Å². The lowest BCUT2D eigenvalue weighted by Gasteiger charge is -2.44. The SMILES string of the molecule is CCC(C)(C)N(C(=O)C(C)NC(=O)OC(C)(C)C)C(C(=O)Nc1c(C)cccc1C)c1ccc(C)cc1C. The van der Waals surface area contributed by atoms with Crippen LogP contribution in [-0.4, -0.2) is 40.0 Å². The van der Waals surface area contributed by atoms with Crippen LogP contribution >= 0.6 is 0 Å². The smallest absolute Gasteiger partial charge is 0.408 e. The third-order valence-corrected chi connectivity index (χ3v) is 6.81. The molecule has 2 aromatic rings. The number of alkyl carbamates (subject to hydrolysis) is 1. The van der Waals surface area contributed by atoms with Crippen LogP contribution in [0.1, 0.15) is 88.7 Å². The number of amides is 3. The van der Waals surface area contributed by atoms with Gasteiger partial charge >= 0.3 is 6.09 Å². The first kappa shape index (κ1) is 30.9. The molecule has 0 saturated heterocycles. The summed E-state index contributed by atoms with van der Waals surface area (Å²) in [4.78, 5) is 42.4. The molecule has 0 spiro atoms. The Bertz CT molecular complexity index is 1160. The Balaban J connectivity index is 2.63. The Labute approximate surface area is 228 Å². The van der Waals surface area contributed by atoms with Gasteiger partial charge in [-0.25, -0.2) is 4.79 Å². The van der Waals surface area contributed by atoms with Crippen molar-refractivity contribution in [2.45, 2.75) is 106 Å². The van der Waals surface area contributed by atoms with E-state index in [1.54, 1.807) is 32.6 Å². The number of hydrogen-bond donors (Lipinski definition) is 2. The van der Waals surface area contributed by atoms with Crippen LogP contribution in [0.5, 0.6) is 0 Å². The van der Waals surface area contributed by atoms with Crippen molar-refractivity contribution in [2.75, 3.05) is 5.32 Å². The molecule has 7 nitrogen and oxygen atoms in total. The molecule has 0 radical (unpaired) electrons. The van der Waals surface area contributed by atoms with Gasteiger partial charge in [-0.1, -0.05) is 48.9 Å². The summed E-state index contributed by atoms with van der Waals surface area (Å²) in [6.07, 6.45) is -0.0913. The molecule has 38 heavy (non-hydrogen) atoms. The lowest BCUT2D eigenvalue weighted by atomic mass is 9.90. The minimum atomic E-state index is -0.931. The van der Waals surface area contributed by atoms with Crippen LogP contribution in [0.2, 0.25) is 0 Å². The van der Waals surface area contributed by atoms with Gasteiger partial charge in [-0.2, -0.15) is 0 Å². The Morgan fingerprint density at radius 2 is 1.50 bits per heavy atom. The van der Waals surface area contributed by atoms with Gasteiger partial charge in [-0.05, 0) is 97.9 Å². The third-order valence-electron chi connectivity index (χ3n) is 6.81. The Morgan fingerprint density at radius 3 is 2.00 bits per heavy atom. The normalized spacial score (nSPS) is 13.3. The molecule has 2 aromatic carbocycles. The largest absolute Gasteiger partial charge is 0.444 e. The first-order valence-corrected chi connectivity index (χ1v) is 13.3. The molecule has 0 saturated carbocycles. The molecule has 0 fully saturated rings. The van der Waals surface area contributed by atoms with Crippen molar-refractivity contribution in [3.8, 4) is 0 Å². The zero-order valence-corrected chi connectivity index (χ0v) is 24.9. The van der Waals surface area contributed by atoms with E-state index in [2.05, 4.69) is 10.6 Å². The van der Waals surface area contributed by atoms with Gasteiger partial charge in [0.05, 0.1) is 0 Å². The summed E-state index contributed by atoms with van der Waals surface area (Å²) < 4.78 is 5.38. The second-order valence-corrected chi connectivity index (χ2v) is 11.8. The number of carbonyl (C=O) groups is 3. The van der Waals surface area contributed by atoms with E-state index in [1.807, 2.05) is 84.9 Å². The van der Waals surface area contributed by atoms with E-state index in [4.69, 9.17) is 4.74 Å². The van der Waals surface area contributed by atoms with Crippen LogP contribution in [0, 0.1) is 27.7 Å². The number of ether oxygens (including phenoxy) is 1. The van der Waals surface area contributed by atoms with Crippen LogP contribution in [0.3, 0.4) is 0 Å². The van der Waals surface area contributed by atoms with E-state index in [-0.39, 0.29) is 11.8 Å². The summed E-state index contributed by atoms with van der Waals surface area (Å²) in [6.45, 7) is 20.6. The summed E-state index contributed by atoms with van der Waals surface area (Å²) in [5, 5.41) is 5.78. The Kier molecular flexibility index (Phi) is 9.76. The fourth-order valence-corrected chi connectivity index (χ4v) is 4.43. The second-order valence-electron chi connectivity index (χ2n) is 11.8. The number of benzene rings is 2. The lowest BCUT2D eigenvalue weighted by Crippen LogP contribution is -2.58. The molecule has 0 bridgehead atoms. The van der Waals surface area contributed by atoms with E-state index in [0.29, 0.717) is 6.42 Å². The standard InChI is InChI=1S/C31H45N3O4/c1-12-31(10,11)34(28(36)23(6)32-29(37)38-30(7,8)9)26(24-17-16-19(2)18-22(24)5)27(35)33-25-20(3)14-13-15-21(25)4/h13-18,23,26H,12H2,1-11H3,(H,32,37)(H,33,35). The van der Waals surface area contributed by atoms with Gasteiger partial charge in [-0.15, -0.1) is 0 Å². The highest BCUT2D eigenvalue weighted by atomic mass is 16.6. The molecule has 0 aliphatic heterocycles. The van der Waals surface area contributed by atoms with Gasteiger partial charge < -0.3 is 20.3 Å². The fourth-order valence-electron chi connectivity index (χ4n) is 4.43. The molecule has 0 aromatic heterocycles. The van der Waals surface area contributed by atoms with Gasteiger partial charge in [0.25, 0.3) is 5.91 Å². The molecule has 2 unspecified atom stereocenters. The minimum Gasteiger partial charge on any atom is -0.444 e. The number of nitrogens with one attached hydrogen (secondary N) is 2. The highest BCUT2D eigenvalue weighted by Gasteiger charge is 2.42. The number of aryl methyl sites for hydroxylation is 4. The van der Waals surface area contributed by atoms with Gasteiger partial charge in [0.15, 0.2) is 0 Å². The van der Waals surface area contributed by atoms with Crippen molar-refractivity contribution in [2.24, 2.45) is 0 Å². The van der Waals surface area contributed by atoms with Crippen molar-refractivity contribution < 1.29 is 19.1 Å². The lowest BCUT2D eigenvalue weighted by molar-refractivity contribution is -0.147. The van der Waals surface area contributed by atoms with Crippen LogP contribution in [0.4, 0.5) is 10.5 Å². The second kappa shape index (κ2) is 12.0. The molecule has 2 rings (SSSR count). The fraction of sp³-hybridized carbons (Fsp3) is 0.516. The summed E-state index contributed by atoms with van der Waals surface area (Å²) in [5.74, 6) is -0.682. The molecule has 0 aliphatic carbocycles. The van der Waals surface area contributed by atoms with Gasteiger partial charge in [-0.3, -0.25) is 9.59 Å². The third kappa shape index (κ3) is 7.59. The highest BCUT2D eigenvalue weighted by Crippen LogP contribution is 2.35. The molecule has 7 heteroatoms. The first-order valence-electron chi connectivity index (χ1n) is 13.3. The maximum atomic E-state index is 14.2. The van der Waals surface area contributed by atoms with Crippen LogP contribution in [0.25, 0.3) is 0 Å². The van der Waals surface area contributed by atoms with E-state index in [9.17, 15) is 14.4 Å².